The van der Waals surface area contributed by atoms with Gasteiger partial charge in [-0.2, -0.15) is 0 Å². The molecule has 1 aromatic heterocycles. The molecule has 0 atom stereocenters. The highest BCUT2D eigenvalue weighted by Gasteiger charge is 2.22. The maximum Gasteiger partial charge on any atom is 0.0738 e. The Labute approximate surface area is 113 Å². The van der Waals surface area contributed by atoms with E-state index in [0.29, 0.717) is 0 Å². The molecule has 2 aliphatic rings. The third-order valence-electron chi connectivity index (χ3n) is 3.95. The summed E-state index contributed by atoms with van der Waals surface area (Å²) in [7, 11) is 0. The van der Waals surface area contributed by atoms with Crippen molar-refractivity contribution < 1.29 is 4.74 Å². The van der Waals surface area contributed by atoms with Gasteiger partial charge in [-0.15, -0.1) is 12.4 Å². The molecule has 18 heavy (non-hydrogen) atoms. The van der Waals surface area contributed by atoms with Crippen LogP contribution in [-0.4, -0.2) is 17.7 Å². The van der Waals surface area contributed by atoms with Crippen LogP contribution in [0.15, 0.2) is 18.2 Å². The Morgan fingerprint density at radius 2 is 2.22 bits per heavy atom. The second kappa shape index (κ2) is 4.57. The largest absolute Gasteiger partial charge is 0.375 e. The summed E-state index contributed by atoms with van der Waals surface area (Å²) < 4.78 is 8.17. The Morgan fingerprint density at radius 3 is 3.17 bits per heavy atom. The van der Waals surface area contributed by atoms with E-state index in [1.165, 1.54) is 27.7 Å². The van der Waals surface area contributed by atoms with Crippen molar-refractivity contribution in [2.24, 2.45) is 0 Å². The fourth-order valence-corrected chi connectivity index (χ4v) is 3.21. The van der Waals surface area contributed by atoms with Gasteiger partial charge in [0.15, 0.2) is 0 Å². The van der Waals surface area contributed by atoms with E-state index in [2.05, 4.69) is 28.1 Å². The van der Waals surface area contributed by atoms with Crippen LogP contribution in [0.4, 0.5) is 0 Å². The van der Waals surface area contributed by atoms with Crippen molar-refractivity contribution in [1.82, 2.24) is 9.88 Å². The molecule has 4 heteroatoms. The lowest BCUT2D eigenvalue weighted by atomic mass is 10.0. The van der Waals surface area contributed by atoms with Crippen LogP contribution in [0, 0.1) is 0 Å². The third kappa shape index (κ3) is 1.58. The zero-order valence-electron chi connectivity index (χ0n) is 10.2. The van der Waals surface area contributed by atoms with Crippen LogP contribution in [0.3, 0.4) is 0 Å². The average molecular weight is 265 g/mol. The van der Waals surface area contributed by atoms with Crippen LogP contribution in [0.25, 0.3) is 10.9 Å². The number of fused-ring (bicyclic) bond motifs is 3. The SMILES string of the molecule is Cl.c1cc2c3c(c1)c1c(n3CCOC2)CCNC1. The first kappa shape index (κ1) is 12.0. The van der Waals surface area contributed by atoms with Crippen molar-refractivity contribution >= 4 is 23.3 Å². The zero-order valence-corrected chi connectivity index (χ0v) is 11.1. The fraction of sp³-hybridized carbons (Fsp3) is 0.429. The fourth-order valence-electron chi connectivity index (χ4n) is 3.21. The number of para-hydroxylation sites is 1. The van der Waals surface area contributed by atoms with Crippen LogP contribution < -0.4 is 5.32 Å². The summed E-state index contributed by atoms with van der Waals surface area (Å²) in [6, 6.07) is 6.61. The topological polar surface area (TPSA) is 26.2 Å². The first-order valence-electron chi connectivity index (χ1n) is 6.35. The lowest BCUT2D eigenvalue weighted by Crippen LogP contribution is -2.25. The highest BCUT2D eigenvalue weighted by atomic mass is 35.5. The highest BCUT2D eigenvalue weighted by Crippen LogP contribution is 2.32. The lowest BCUT2D eigenvalue weighted by Gasteiger charge is -2.16. The molecule has 0 radical (unpaired) electrons. The van der Waals surface area contributed by atoms with Gasteiger partial charge >= 0.3 is 0 Å². The molecule has 0 bridgehead atoms. The van der Waals surface area contributed by atoms with Crippen molar-refractivity contribution in [3.8, 4) is 0 Å². The van der Waals surface area contributed by atoms with Gasteiger partial charge in [0.25, 0.3) is 0 Å². The van der Waals surface area contributed by atoms with E-state index in [-0.39, 0.29) is 12.4 Å². The number of hydrogen-bond donors (Lipinski definition) is 1. The van der Waals surface area contributed by atoms with E-state index in [1.807, 2.05) is 0 Å². The van der Waals surface area contributed by atoms with Gasteiger partial charge in [-0.05, 0) is 5.56 Å². The Balaban J connectivity index is 0.000001000. The Hall–Kier alpha value is -1.03. The molecule has 2 aliphatic heterocycles. The summed E-state index contributed by atoms with van der Waals surface area (Å²) in [4.78, 5) is 0. The second-order valence-corrected chi connectivity index (χ2v) is 4.87. The molecular weight excluding hydrogens is 248 g/mol. The molecule has 4 rings (SSSR count). The summed E-state index contributed by atoms with van der Waals surface area (Å²) in [5.74, 6) is 0. The van der Waals surface area contributed by atoms with Gasteiger partial charge in [0, 0.05) is 42.7 Å². The smallest absolute Gasteiger partial charge is 0.0738 e. The number of nitrogens with zero attached hydrogens (tertiary/aromatic N) is 1. The van der Waals surface area contributed by atoms with Gasteiger partial charge in [-0.1, -0.05) is 18.2 Å². The van der Waals surface area contributed by atoms with Crippen molar-refractivity contribution in [3.63, 3.8) is 0 Å². The van der Waals surface area contributed by atoms with Crippen LogP contribution in [0.2, 0.25) is 0 Å². The molecule has 96 valence electrons. The summed E-state index contributed by atoms with van der Waals surface area (Å²) >= 11 is 0. The molecular formula is C14H17ClN2O. The van der Waals surface area contributed by atoms with Gasteiger partial charge in [-0.3, -0.25) is 0 Å². The van der Waals surface area contributed by atoms with Gasteiger partial charge in [0.05, 0.1) is 18.7 Å². The summed E-state index contributed by atoms with van der Waals surface area (Å²) in [5.41, 5.74) is 5.79. The molecule has 1 aromatic carbocycles. The minimum absolute atomic E-state index is 0. The maximum absolute atomic E-state index is 5.68. The standard InChI is InChI=1S/C14H16N2O.ClH/c1-2-10-9-17-7-6-16-13-4-5-15-8-12(13)11(3-1)14(10)16;/h1-3,15H,4-9H2;1H. The lowest BCUT2D eigenvalue weighted by molar-refractivity contribution is 0.119. The van der Waals surface area contributed by atoms with E-state index < -0.39 is 0 Å². The summed E-state index contributed by atoms with van der Waals surface area (Å²) in [5, 5.41) is 4.91. The quantitative estimate of drug-likeness (QED) is 0.790. The van der Waals surface area contributed by atoms with Gasteiger partial charge in [0.1, 0.15) is 0 Å². The summed E-state index contributed by atoms with van der Waals surface area (Å²) in [6.45, 7) is 4.71. The molecule has 0 fully saturated rings. The predicted molar refractivity (Wildman–Crippen MR) is 74.3 cm³/mol. The first-order valence-corrected chi connectivity index (χ1v) is 6.35. The van der Waals surface area contributed by atoms with Crippen molar-refractivity contribution in [2.75, 3.05) is 13.2 Å². The minimum Gasteiger partial charge on any atom is -0.375 e. The van der Waals surface area contributed by atoms with E-state index in [9.17, 15) is 0 Å². The normalized spacial score (nSPS) is 18.0. The molecule has 3 heterocycles. The van der Waals surface area contributed by atoms with Crippen LogP contribution in [0.5, 0.6) is 0 Å². The average Bonchev–Trinajstić information content (AvgIpc) is 2.56. The highest BCUT2D eigenvalue weighted by molar-refractivity contribution is 5.88. The number of nitrogens with one attached hydrogen (secondary N) is 1. The molecule has 3 nitrogen and oxygen atoms in total. The van der Waals surface area contributed by atoms with Gasteiger partial charge < -0.3 is 14.6 Å². The van der Waals surface area contributed by atoms with Crippen LogP contribution in [-0.2, 0) is 30.9 Å². The Morgan fingerprint density at radius 1 is 1.28 bits per heavy atom. The van der Waals surface area contributed by atoms with E-state index >= 15 is 0 Å². The molecule has 0 aliphatic carbocycles. The van der Waals surface area contributed by atoms with E-state index in [0.717, 1.165) is 39.3 Å². The molecule has 0 amide bonds. The molecule has 2 aromatic rings. The van der Waals surface area contributed by atoms with Crippen molar-refractivity contribution in [2.45, 2.75) is 26.1 Å². The molecule has 0 unspecified atom stereocenters. The summed E-state index contributed by atoms with van der Waals surface area (Å²) in [6.07, 6.45) is 1.14. The Bertz CT molecular complexity index is 591. The number of ether oxygens (including phenoxy) is 1. The number of rotatable bonds is 0. The van der Waals surface area contributed by atoms with E-state index in [1.54, 1.807) is 0 Å². The number of halogens is 1. The van der Waals surface area contributed by atoms with Crippen molar-refractivity contribution in [3.05, 3.63) is 35.0 Å². The molecule has 0 saturated carbocycles. The van der Waals surface area contributed by atoms with Gasteiger partial charge in [-0.25, -0.2) is 0 Å². The monoisotopic (exact) mass is 264 g/mol. The van der Waals surface area contributed by atoms with E-state index in [4.69, 9.17) is 4.74 Å². The molecule has 0 saturated heterocycles. The maximum atomic E-state index is 5.68. The second-order valence-electron chi connectivity index (χ2n) is 4.87. The van der Waals surface area contributed by atoms with Gasteiger partial charge in [0.2, 0.25) is 0 Å². The third-order valence-corrected chi connectivity index (χ3v) is 3.95. The first-order chi connectivity index (χ1) is 8.45. The minimum atomic E-state index is 0. The predicted octanol–water partition coefficient (Wildman–Crippen LogP) is 2.24. The van der Waals surface area contributed by atoms with Crippen LogP contribution in [0.1, 0.15) is 16.8 Å². The Kier molecular flexibility index (Phi) is 3.06. The molecule has 1 N–H and O–H groups in total. The molecule has 0 spiro atoms. The number of benzene rings is 1. The number of aromatic nitrogens is 1. The number of hydrogen-bond acceptors (Lipinski definition) is 2. The van der Waals surface area contributed by atoms with Crippen molar-refractivity contribution in [1.29, 1.82) is 0 Å². The van der Waals surface area contributed by atoms with Crippen LogP contribution >= 0.6 is 12.4 Å². The zero-order chi connectivity index (χ0) is 11.2.